The molecule has 2 N–H and O–H groups in total. The topological polar surface area (TPSA) is 106 Å². The van der Waals surface area contributed by atoms with Crippen LogP contribution in [0.2, 0.25) is 0 Å². The number of hydrogen-bond donors (Lipinski definition) is 1. The summed E-state index contributed by atoms with van der Waals surface area (Å²) in [5, 5.41) is 19.8. The maximum Gasteiger partial charge on any atom is 0.165 e. The van der Waals surface area contributed by atoms with E-state index in [-0.39, 0.29) is 17.2 Å². The third kappa shape index (κ3) is 2.13. The normalized spacial score (nSPS) is 30.7. The molecule has 0 aromatic rings. The van der Waals surface area contributed by atoms with Crippen molar-refractivity contribution in [3.05, 3.63) is 11.4 Å². The van der Waals surface area contributed by atoms with Gasteiger partial charge in [-0.25, -0.2) is 4.99 Å². The highest BCUT2D eigenvalue weighted by Crippen LogP contribution is 2.55. The summed E-state index contributed by atoms with van der Waals surface area (Å²) in [7, 11) is 0. The van der Waals surface area contributed by atoms with E-state index >= 15 is 0 Å². The third-order valence-electron chi connectivity index (χ3n) is 5.31. The second-order valence-corrected chi connectivity index (χ2v) is 6.30. The summed E-state index contributed by atoms with van der Waals surface area (Å²) in [4.78, 5) is 19.1. The van der Waals surface area contributed by atoms with Crippen molar-refractivity contribution in [3.63, 3.8) is 0 Å². The number of aliphatic imine (C=N–C) groups is 1. The fraction of sp³-hybridized carbons (Fsp3) is 0.647. The van der Waals surface area contributed by atoms with Crippen molar-refractivity contribution in [2.75, 3.05) is 13.1 Å². The second kappa shape index (κ2) is 6.04. The van der Waals surface area contributed by atoms with Crippen molar-refractivity contribution in [3.8, 4) is 12.1 Å². The molecule has 1 saturated carbocycles. The molecule has 0 saturated heterocycles. The number of carbonyl (C=O) groups is 1. The molecule has 2 aliphatic rings. The average molecular weight is 313 g/mol. The zero-order valence-corrected chi connectivity index (χ0v) is 14.0. The van der Waals surface area contributed by atoms with Crippen LogP contribution in [-0.4, -0.2) is 29.6 Å². The van der Waals surface area contributed by atoms with Crippen LogP contribution in [0.25, 0.3) is 0 Å². The molecule has 2 rings (SSSR count). The summed E-state index contributed by atoms with van der Waals surface area (Å²) < 4.78 is 0. The molecule has 1 heterocycles. The van der Waals surface area contributed by atoms with Gasteiger partial charge in [-0.15, -0.1) is 0 Å². The third-order valence-corrected chi connectivity index (χ3v) is 5.31. The monoisotopic (exact) mass is 313 g/mol. The van der Waals surface area contributed by atoms with E-state index in [1.165, 1.54) is 0 Å². The van der Waals surface area contributed by atoms with Gasteiger partial charge in [-0.1, -0.05) is 13.3 Å². The van der Waals surface area contributed by atoms with Gasteiger partial charge in [0.05, 0.1) is 11.5 Å². The molecule has 0 aromatic carbocycles. The Labute approximate surface area is 137 Å². The number of Topliss-reactive ketones (excluding diaryl/α,β-unsaturated/α-hetero) is 1. The zero-order chi connectivity index (χ0) is 17.3. The number of hydrogen-bond acceptors (Lipinski definition) is 6. The minimum atomic E-state index is -1.38. The van der Waals surface area contributed by atoms with Crippen LogP contribution < -0.4 is 5.73 Å². The van der Waals surface area contributed by atoms with E-state index in [4.69, 9.17) is 5.73 Å². The highest BCUT2D eigenvalue weighted by atomic mass is 16.1. The van der Waals surface area contributed by atoms with Gasteiger partial charge in [-0.05, 0) is 26.7 Å². The molecular weight excluding hydrogens is 290 g/mol. The maximum atomic E-state index is 12.8. The Balaban J connectivity index is 2.73. The first-order valence-corrected chi connectivity index (χ1v) is 8.11. The maximum absolute atomic E-state index is 12.8. The van der Waals surface area contributed by atoms with Crippen LogP contribution in [0.4, 0.5) is 0 Å². The van der Waals surface area contributed by atoms with Crippen LogP contribution in [-0.2, 0) is 4.79 Å². The fourth-order valence-corrected chi connectivity index (χ4v) is 3.86. The molecule has 122 valence electrons. The molecule has 6 nitrogen and oxygen atoms in total. The van der Waals surface area contributed by atoms with Gasteiger partial charge in [0.25, 0.3) is 0 Å². The Hall–Kier alpha value is -2.34. The van der Waals surface area contributed by atoms with Crippen LogP contribution in [0.15, 0.2) is 16.4 Å². The van der Waals surface area contributed by atoms with Crippen LogP contribution >= 0.6 is 0 Å². The predicted molar refractivity (Wildman–Crippen MR) is 86.8 cm³/mol. The first-order chi connectivity index (χ1) is 10.9. The summed E-state index contributed by atoms with van der Waals surface area (Å²) in [5.74, 6) is 0.542. The van der Waals surface area contributed by atoms with E-state index in [1.54, 1.807) is 6.92 Å². The molecule has 0 radical (unpaired) electrons. The quantitative estimate of drug-likeness (QED) is 0.858. The highest BCUT2D eigenvalue weighted by Gasteiger charge is 2.63. The van der Waals surface area contributed by atoms with Crippen molar-refractivity contribution in [1.29, 1.82) is 10.5 Å². The molecule has 23 heavy (non-hydrogen) atoms. The highest BCUT2D eigenvalue weighted by molar-refractivity contribution is 6.04. The first-order valence-electron chi connectivity index (χ1n) is 8.11. The number of carbonyl (C=O) groups excluding carboxylic acids is 1. The van der Waals surface area contributed by atoms with E-state index in [9.17, 15) is 15.3 Å². The average Bonchev–Trinajstić information content (AvgIpc) is 2.84. The largest absolute Gasteiger partial charge is 0.383 e. The van der Waals surface area contributed by atoms with E-state index in [0.717, 1.165) is 12.8 Å². The summed E-state index contributed by atoms with van der Waals surface area (Å²) in [5.41, 5.74) is 3.75. The van der Waals surface area contributed by atoms with Gasteiger partial charge in [0, 0.05) is 19.5 Å². The minimum Gasteiger partial charge on any atom is -0.383 e. The summed E-state index contributed by atoms with van der Waals surface area (Å²) in [6.07, 6.45) is 2.69. The van der Waals surface area contributed by atoms with Crippen molar-refractivity contribution in [1.82, 2.24) is 4.90 Å². The number of ketones is 1. The standard InChI is InChI=1S/C17H23N5O/c1-4-22(5-2)15-17(11-19,12(10-18)14(20)21-15)16(3)9-7-6-8-13(16)23/h4-9,20H2,1-3H3/t16-,17+/m0/s1. The van der Waals surface area contributed by atoms with Crippen molar-refractivity contribution < 1.29 is 4.79 Å². The first kappa shape index (κ1) is 17.0. The molecule has 1 aliphatic heterocycles. The molecular formula is C17H23N5O. The number of rotatable bonds is 3. The lowest BCUT2D eigenvalue weighted by Gasteiger charge is -2.45. The second-order valence-electron chi connectivity index (χ2n) is 6.30. The van der Waals surface area contributed by atoms with Gasteiger partial charge in [-0.2, -0.15) is 10.5 Å². The van der Waals surface area contributed by atoms with Gasteiger partial charge < -0.3 is 10.6 Å². The van der Waals surface area contributed by atoms with Gasteiger partial charge in [0.15, 0.2) is 5.41 Å². The number of nitriles is 2. The molecule has 1 fully saturated rings. The lowest BCUT2D eigenvalue weighted by molar-refractivity contribution is -0.133. The van der Waals surface area contributed by atoms with Gasteiger partial charge in [-0.3, -0.25) is 4.79 Å². The number of amidine groups is 1. The smallest absolute Gasteiger partial charge is 0.165 e. The summed E-state index contributed by atoms with van der Waals surface area (Å²) in [6, 6.07) is 4.37. The Morgan fingerprint density at radius 1 is 1.30 bits per heavy atom. The van der Waals surface area contributed by atoms with Crippen LogP contribution in [0, 0.1) is 33.5 Å². The molecule has 0 unspecified atom stereocenters. The van der Waals surface area contributed by atoms with Crippen molar-refractivity contribution in [2.45, 2.75) is 46.5 Å². The van der Waals surface area contributed by atoms with E-state index < -0.39 is 10.8 Å². The van der Waals surface area contributed by atoms with Crippen LogP contribution in [0.3, 0.4) is 0 Å². The van der Waals surface area contributed by atoms with E-state index in [1.807, 2.05) is 18.7 Å². The van der Waals surface area contributed by atoms with Crippen LogP contribution in [0.5, 0.6) is 0 Å². The molecule has 0 bridgehead atoms. The van der Waals surface area contributed by atoms with Crippen molar-refractivity contribution >= 4 is 11.6 Å². The molecule has 2 atom stereocenters. The lowest BCUT2D eigenvalue weighted by Crippen LogP contribution is -2.55. The van der Waals surface area contributed by atoms with E-state index in [2.05, 4.69) is 17.1 Å². The fourth-order valence-electron chi connectivity index (χ4n) is 3.86. The Bertz CT molecular complexity index is 661. The van der Waals surface area contributed by atoms with Gasteiger partial charge >= 0.3 is 0 Å². The molecule has 6 heteroatoms. The van der Waals surface area contributed by atoms with E-state index in [0.29, 0.717) is 31.8 Å². The SMILES string of the molecule is CCN(CC)C1=NC(N)=C(C#N)[C@@]1(C#N)[C@@]1(C)CCCCC1=O. The molecule has 0 amide bonds. The van der Waals surface area contributed by atoms with Crippen LogP contribution in [0.1, 0.15) is 46.5 Å². The van der Waals surface area contributed by atoms with Gasteiger partial charge in [0.2, 0.25) is 0 Å². The molecule has 1 aliphatic carbocycles. The summed E-state index contributed by atoms with van der Waals surface area (Å²) in [6.45, 7) is 6.98. The Morgan fingerprint density at radius 2 is 1.96 bits per heavy atom. The number of nitrogens with zero attached hydrogens (tertiary/aromatic N) is 4. The lowest BCUT2D eigenvalue weighted by atomic mass is 9.55. The Morgan fingerprint density at radius 3 is 2.43 bits per heavy atom. The molecule has 0 spiro atoms. The Kier molecular flexibility index (Phi) is 4.47. The molecule has 0 aromatic heterocycles. The number of nitrogens with two attached hydrogens (primary N) is 1. The minimum absolute atomic E-state index is 0.0209. The summed E-state index contributed by atoms with van der Waals surface area (Å²) >= 11 is 0. The van der Waals surface area contributed by atoms with Gasteiger partial charge in [0.1, 0.15) is 29.1 Å². The predicted octanol–water partition coefficient (Wildman–Crippen LogP) is 2.09. The van der Waals surface area contributed by atoms with Crippen molar-refractivity contribution in [2.24, 2.45) is 21.6 Å². The zero-order valence-electron chi connectivity index (χ0n) is 14.0.